The van der Waals surface area contributed by atoms with Crippen LogP contribution in [0.15, 0.2) is 217 Å². The zero-order valence-electron chi connectivity index (χ0n) is 32.0. The molecule has 276 valence electrons. The molecule has 0 bridgehead atoms. The minimum atomic E-state index is 0.913. The van der Waals surface area contributed by atoms with Gasteiger partial charge in [0.25, 0.3) is 0 Å². The summed E-state index contributed by atoms with van der Waals surface area (Å²) in [6.07, 6.45) is 0. The second-order valence-corrected chi connectivity index (χ2v) is 16.3. The number of anilines is 3. The van der Waals surface area contributed by atoms with Crippen LogP contribution in [-0.4, -0.2) is 0 Å². The Hall–Kier alpha value is -7.46. The van der Waals surface area contributed by atoms with Crippen molar-refractivity contribution in [3.63, 3.8) is 0 Å². The molecule has 0 fully saturated rings. The van der Waals surface area contributed by atoms with Crippen LogP contribution in [0, 0.1) is 0 Å². The molecule has 0 aliphatic heterocycles. The van der Waals surface area contributed by atoms with Gasteiger partial charge in [-0.15, -0.1) is 11.3 Å². The van der Waals surface area contributed by atoms with E-state index in [0.717, 1.165) is 39.0 Å². The predicted octanol–water partition coefficient (Wildman–Crippen LogP) is 16.7. The molecule has 0 atom stereocenters. The lowest BCUT2D eigenvalue weighted by Gasteiger charge is -2.27. The molecule has 0 unspecified atom stereocenters. The normalized spacial score (nSPS) is 11.7. The number of hydrogen-bond acceptors (Lipinski definition) is 3. The maximum Gasteiger partial charge on any atom is 0.135 e. The van der Waals surface area contributed by atoms with Crippen molar-refractivity contribution in [1.29, 1.82) is 0 Å². The molecule has 0 aliphatic carbocycles. The first-order valence-corrected chi connectivity index (χ1v) is 20.9. The van der Waals surface area contributed by atoms with Crippen molar-refractivity contribution < 1.29 is 4.42 Å². The van der Waals surface area contributed by atoms with Crippen molar-refractivity contribution in [3.8, 4) is 33.4 Å². The Bertz CT molecular complexity index is 3550. The van der Waals surface area contributed by atoms with Crippen molar-refractivity contribution in [1.82, 2.24) is 0 Å². The number of nitrogens with zero attached hydrogens (tertiary/aromatic N) is 1. The number of fused-ring (bicyclic) bond motifs is 8. The van der Waals surface area contributed by atoms with Crippen molar-refractivity contribution in [3.05, 3.63) is 212 Å². The van der Waals surface area contributed by atoms with Gasteiger partial charge in [-0.05, 0) is 110 Å². The summed E-state index contributed by atoms with van der Waals surface area (Å²) in [4.78, 5) is 2.44. The SMILES string of the molecule is c1ccc(-c2cccc3c2sc2c(N(c4ccc(-c5cccc6ccccc56)cc4)c4ccc5cc(-c6ccc7oc8ccccc8c7c6)ccc5c4)cccc23)cc1. The third-order valence-electron chi connectivity index (χ3n) is 11.8. The van der Waals surface area contributed by atoms with Crippen LogP contribution in [0.2, 0.25) is 0 Å². The van der Waals surface area contributed by atoms with E-state index in [1.165, 1.54) is 75.1 Å². The second-order valence-electron chi connectivity index (χ2n) is 15.3. The Kier molecular flexibility index (Phi) is 7.75. The van der Waals surface area contributed by atoms with Crippen LogP contribution in [0.1, 0.15) is 0 Å². The fourth-order valence-electron chi connectivity index (χ4n) is 8.98. The molecule has 59 heavy (non-hydrogen) atoms. The lowest BCUT2D eigenvalue weighted by atomic mass is 9.97. The summed E-state index contributed by atoms with van der Waals surface area (Å²) >= 11 is 1.89. The number of hydrogen-bond donors (Lipinski definition) is 0. The molecule has 0 radical (unpaired) electrons. The van der Waals surface area contributed by atoms with Crippen LogP contribution in [0.4, 0.5) is 17.1 Å². The van der Waals surface area contributed by atoms with Crippen LogP contribution < -0.4 is 4.90 Å². The molecule has 10 aromatic carbocycles. The Morgan fingerprint density at radius 2 is 0.915 bits per heavy atom. The summed E-state index contributed by atoms with van der Waals surface area (Å²) in [6, 6.07) is 77.1. The molecular weight excluding hydrogens is 735 g/mol. The van der Waals surface area contributed by atoms with E-state index in [-0.39, 0.29) is 0 Å². The number of para-hydroxylation sites is 1. The highest BCUT2D eigenvalue weighted by Gasteiger charge is 2.20. The average molecular weight is 770 g/mol. The standard InChI is InChI=1S/C56H35NOS/c1-2-11-37(12-3-1)47-18-9-19-49-50-20-10-21-52(56(50)59-55(47)49)57(43-29-25-38(26-30-43)46-17-8-14-36-13-4-5-15-45(36)46)44-31-27-40-33-39(23-24-41(40)34-44)42-28-32-54-51(35-42)48-16-6-7-22-53(48)58-54/h1-35H. The van der Waals surface area contributed by atoms with Crippen LogP contribution in [0.25, 0.3) is 97.0 Å². The first-order valence-electron chi connectivity index (χ1n) is 20.1. The summed E-state index contributed by atoms with van der Waals surface area (Å²) in [7, 11) is 0. The number of furan rings is 1. The Morgan fingerprint density at radius 3 is 1.81 bits per heavy atom. The van der Waals surface area contributed by atoms with Crippen LogP contribution >= 0.6 is 11.3 Å². The van der Waals surface area contributed by atoms with Gasteiger partial charge >= 0.3 is 0 Å². The lowest BCUT2D eigenvalue weighted by molar-refractivity contribution is 0.669. The van der Waals surface area contributed by atoms with Crippen molar-refractivity contribution in [2.45, 2.75) is 0 Å². The average Bonchev–Trinajstić information content (AvgIpc) is 3.88. The first kappa shape index (κ1) is 33.7. The number of rotatable bonds is 6. The van der Waals surface area contributed by atoms with Crippen LogP contribution in [0.5, 0.6) is 0 Å². The van der Waals surface area contributed by atoms with Gasteiger partial charge in [-0.1, -0.05) is 158 Å². The van der Waals surface area contributed by atoms with Crippen molar-refractivity contribution in [2.24, 2.45) is 0 Å². The minimum Gasteiger partial charge on any atom is -0.456 e. The maximum atomic E-state index is 6.13. The monoisotopic (exact) mass is 769 g/mol. The molecule has 2 heterocycles. The van der Waals surface area contributed by atoms with E-state index in [2.05, 4.69) is 205 Å². The van der Waals surface area contributed by atoms with Gasteiger partial charge in [-0.2, -0.15) is 0 Å². The van der Waals surface area contributed by atoms with Gasteiger partial charge in [0.2, 0.25) is 0 Å². The van der Waals surface area contributed by atoms with Gasteiger partial charge in [0.15, 0.2) is 0 Å². The van der Waals surface area contributed by atoms with Gasteiger partial charge in [0.1, 0.15) is 11.2 Å². The summed E-state index contributed by atoms with van der Waals surface area (Å²) in [5.41, 5.74) is 12.5. The molecule has 0 aliphatic rings. The molecular formula is C56H35NOS. The number of thiophene rings is 1. The molecule has 12 aromatic rings. The fourth-order valence-corrected chi connectivity index (χ4v) is 10.3. The Balaban J connectivity index is 1.01. The number of benzene rings is 10. The van der Waals surface area contributed by atoms with E-state index >= 15 is 0 Å². The minimum absolute atomic E-state index is 0.913. The molecule has 0 saturated carbocycles. The van der Waals surface area contributed by atoms with Gasteiger partial charge in [0, 0.05) is 37.6 Å². The van der Waals surface area contributed by atoms with Crippen LogP contribution in [0.3, 0.4) is 0 Å². The fraction of sp³-hybridized carbons (Fsp3) is 0. The quantitative estimate of drug-likeness (QED) is 0.167. The topological polar surface area (TPSA) is 16.4 Å². The highest BCUT2D eigenvalue weighted by molar-refractivity contribution is 7.27. The molecule has 0 N–H and O–H groups in total. The molecule has 2 aromatic heterocycles. The molecule has 12 rings (SSSR count). The molecule has 0 amide bonds. The smallest absolute Gasteiger partial charge is 0.135 e. The van der Waals surface area contributed by atoms with E-state index in [4.69, 9.17) is 4.42 Å². The third kappa shape index (κ3) is 5.62. The Labute approximate surface area is 345 Å². The van der Waals surface area contributed by atoms with E-state index in [9.17, 15) is 0 Å². The molecule has 2 nitrogen and oxygen atoms in total. The maximum absolute atomic E-state index is 6.13. The molecule has 0 spiro atoms. The van der Waals surface area contributed by atoms with E-state index in [1.54, 1.807) is 0 Å². The van der Waals surface area contributed by atoms with Gasteiger partial charge in [-0.25, -0.2) is 0 Å². The highest BCUT2D eigenvalue weighted by Crippen LogP contribution is 2.48. The largest absolute Gasteiger partial charge is 0.456 e. The van der Waals surface area contributed by atoms with Gasteiger partial charge in [0.05, 0.1) is 10.4 Å². The predicted molar refractivity (Wildman–Crippen MR) is 253 cm³/mol. The van der Waals surface area contributed by atoms with Crippen LogP contribution in [-0.2, 0) is 0 Å². The third-order valence-corrected chi connectivity index (χ3v) is 13.1. The molecule has 3 heteroatoms. The summed E-state index contributed by atoms with van der Waals surface area (Å²) in [5, 5.41) is 9.73. The summed E-state index contributed by atoms with van der Waals surface area (Å²) in [6.45, 7) is 0. The van der Waals surface area contributed by atoms with Gasteiger partial charge < -0.3 is 9.32 Å². The highest BCUT2D eigenvalue weighted by atomic mass is 32.1. The van der Waals surface area contributed by atoms with Gasteiger partial charge in [-0.3, -0.25) is 0 Å². The van der Waals surface area contributed by atoms with E-state index < -0.39 is 0 Å². The zero-order valence-corrected chi connectivity index (χ0v) is 32.8. The van der Waals surface area contributed by atoms with E-state index in [1.807, 2.05) is 23.5 Å². The summed E-state index contributed by atoms with van der Waals surface area (Å²) < 4.78 is 8.70. The zero-order chi connectivity index (χ0) is 38.9. The Morgan fingerprint density at radius 1 is 0.322 bits per heavy atom. The van der Waals surface area contributed by atoms with E-state index in [0.29, 0.717) is 0 Å². The molecule has 0 saturated heterocycles. The van der Waals surface area contributed by atoms with Crippen molar-refractivity contribution in [2.75, 3.05) is 4.90 Å². The van der Waals surface area contributed by atoms with Crippen molar-refractivity contribution >= 4 is 92.1 Å². The first-order chi connectivity index (χ1) is 29.2. The summed E-state index contributed by atoms with van der Waals surface area (Å²) in [5.74, 6) is 0. The second kappa shape index (κ2) is 13.6. The lowest BCUT2D eigenvalue weighted by Crippen LogP contribution is -2.10.